The van der Waals surface area contributed by atoms with E-state index in [4.69, 9.17) is 4.74 Å². The first-order chi connectivity index (χ1) is 10.2. The Morgan fingerprint density at radius 3 is 1.95 bits per heavy atom. The molecule has 1 aromatic rings. The highest BCUT2D eigenvalue weighted by molar-refractivity contribution is 7.90. The van der Waals surface area contributed by atoms with Crippen molar-refractivity contribution in [3.8, 4) is 0 Å². The van der Waals surface area contributed by atoms with Gasteiger partial charge < -0.3 is 4.74 Å². The fourth-order valence-electron chi connectivity index (χ4n) is 2.35. The summed E-state index contributed by atoms with van der Waals surface area (Å²) in [5, 5.41) is 0. The van der Waals surface area contributed by atoms with Crippen LogP contribution in [0.2, 0.25) is 0 Å². The van der Waals surface area contributed by atoms with Gasteiger partial charge in [-0.2, -0.15) is 12.8 Å². The van der Waals surface area contributed by atoms with Gasteiger partial charge in [-0.25, -0.2) is 0 Å². The first-order valence-corrected chi connectivity index (χ1v) is 8.47. The van der Waals surface area contributed by atoms with Crippen molar-refractivity contribution >= 4 is 15.7 Å². The van der Waals surface area contributed by atoms with Crippen molar-refractivity contribution in [3.05, 3.63) is 53.1 Å². The van der Waals surface area contributed by atoms with E-state index in [1.54, 1.807) is 43.5 Å². The fourth-order valence-corrected chi connectivity index (χ4v) is 3.32. The summed E-state index contributed by atoms with van der Waals surface area (Å²) in [6.07, 6.45) is 3.50. The van der Waals surface area contributed by atoms with Crippen LogP contribution in [0.25, 0.3) is 0 Å². The summed E-state index contributed by atoms with van der Waals surface area (Å²) < 4.78 is 34.2. The Morgan fingerprint density at radius 1 is 1.00 bits per heavy atom. The average molecular weight is 319 g/mol. The largest absolute Gasteiger partial charge is 0.370 e. The van der Waals surface area contributed by atoms with Gasteiger partial charge in [0.1, 0.15) is 5.60 Å². The van der Waals surface area contributed by atoms with Crippen molar-refractivity contribution in [3.63, 3.8) is 0 Å². The van der Waals surface area contributed by atoms with E-state index in [0.717, 1.165) is 16.7 Å². The minimum Gasteiger partial charge on any atom is -0.370 e. The lowest BCUT2D eigenvalue weighted by Crippen LogP contribution is -2.33. The van der Waals surface area contributed by atoms with Gasteiger partial charge in [0.25, 0.3) is 10.0 Å². The smallest absolute Gasteiger partial charge is 0.282 e. The monoisotopic (exact) mass is 319 g/mol. The Morgan fingerprint density at radius 2 is 1.50 bits per heavy atom. The summed E-state index contributed by atoms with van der Waals surface area (Å²) in [7, 11) is -2.07. The standard InChI is InChI=1S/C17H21NO3S/c1-12-6-8-16(9-7-12)22(19,20)18-15-10-13(2)17(4,21-5)14(3)11-15/h6-11H,1-5H3. The number of nitrogens with zero attached hydrogens (tertiary/aromatic N) is 1. The quantitative estimate of drug-likeness (QED) is 0.857. The van der Waals surface area contributed by atoms with Crippen LogP contribution in [0, 0.1) is 6.92 Å². The molecule has 22 heavy (non-hydrogen) atoms. The van der Waals surface area contributed by atoms with E-state index in [9.17, 15) is 8.42 Å². The van der Waals surface area contributed by atoms with Crippen LogP contribution in [0.15, 0.2) is 56.9 Å². The number of allylic oxidation sites excluding steroid dienone is 2. The number of methoxy groups -OCH3 is 1. The fraction of sp³-hybridized carbons (Fsp3) is 0.353. The number of sulfonamides is 1. The van der Waals surface area contributed by atoms with Gasteiger partial charge in [-0.05, 0) is 63.1 Å². The molecule has 0 radical (unpaired) electrons. The van der Waals surface area contributed by atoms with E-state index >= 15 is 0 Å². The molecule has 0 aliphatic heterocycles. The molecule has 4 nitrogen and oxygen atoms in total. The maximum atomic E-state index is 12.4. The first kappa shape index (κ1) is 16.6. The highest BCUT2D eigenvalue weighted by Crippen LogP contribution is 2.32. The second-order valence-corrected chi connectivity index (χ2v) is 7.30. The zero-order chi connectivity index (χ0) is 16.5. The average Bonchev–Trinajstić information content (AvgIpc) is 2.44. The van der Waals surface area contributed by atoms with Crippen LogP contribution in [0.1, 0.15) is 26.3 Å². The highest BCUT2D eigenvalue weighted by Gasteiger charge is 2.31. The molecule has 0 saturated heterocycles. The number of benzene rings is 1. The molecule has 2 rings (SSSR count). The lowest BCUT2D eigenvalue weighted by molar-refractivity contribution is 0.0697. The number of rotatable bonds is 3. The Labute approximate surface area is 132 Å². The third kappa shape index (κ3) is 3.05. The molecule has 0 saturated carbocycles. The van der Waals surface area contributed by atoms with Crippen LogP contribution in [-0.2, 0) is 14.8 Å². The molecule has 5 heteroatoms. The van der Waals surface area contributed by atoms with Gasteiger partial charge in [-0.1, -0.05) is 17.7 Å². The van der Waals surface area contributed by atoms with Crippen molar-refractivity contribution in [2.24, 2.45) is 4.40 Å². The summed E-state index contributed by atoms with van der Waals surface area (Å²) in [6.45, 7) is 7.69. The van der Waals surface area contributed by atoms with E-state index in [1.807, 2.05) is 27.7 Å². The van der Waals surface area contributed by atoms with Gasteiger partial charge in [-0.15, -0.1) is 0 Å². The van der Waals surface area contributed by atoms with E-state index in [0.29, 0.717) is 5.71 Å². The summed E-state index contributed by atoms with van der Waals surface area (Å²) in [4.78, 5) is 0.197. The van der Waals surface area contributed by atoms with Crippen LogP contribution < -0.4 is 0 Å². The summed E-state index contributed by atoms with van der Waals surface area (Å²) in [5.74, 6) is 0. The SMILES string of the molecule is COC1(C)C(C)=CC(=NS(=O)(=O)c2ccc(C)cc2)C=C1C. The number of hydrogen-bond donors (Lipinski definition) is 0. The van der Waals surface area contributed by atoms with Gasteiger partial charge in [-0.3, -0.25) is 0 Å². The molecule has 0 bridgehead atoms. The Hall–Kier alpha value is -1.72. The third-order valence-electron chi connectivity index (χ3n) is 4.19. The molecule has 0 atom stereocenters. The van der Waals surface area contributed by atoms with Crippen LogP contribution >= 0.6 is 0 Å². The van der Waals surface area contributed by atoms with Crippen LogP contribution in [0.4, 0.5) is 0 Å². The lowest BCUT2D eigenvalue weighted by atomic mass is 9.84. The Kier molecular flexibility index (Phi) is 4.40. The summed E-state index contributed by atoms with van der Waals surface area (Å²) in [5.41, 5.74) is 2.77. The second kappa shape index (κ2) is 5.82. The summed E-state index contributed by atoms with van der Waals surface area (Å²) in [6, 6.07) is 6.67. The molecule has 0 aromatic heterocycles. The molecule has 0 amide bonds. The zero-order valence-corrected chi connectivity index (χ0v) is 14.4. The van der Waals surface area contributed by atoms with E-state index in [2.05, 4.69) is 4.40 Å². The predicted octanol–water partition coefficient (Wildman–Crippen LogP) is 3.44. The summed E-state index contributed by atoms with van der Waals surface area (Å²) >= 11 is 0. The number of hydrogen-bond acceptors (Lipinski definition) is 3. The molecule has 1 aliphatic carbocycles. The molecule has 1 aliphatic rings. The Balaban J connectivity index is 2.44. The van der Waals surface area contributed by atoms with Crippen LogP contribution in [0.3, 0.4) is 0 Å². The molecule has 118 valence electrons. The third-order valence-corrected chi connectivity index (χ3v) is 5.51. The van der Waals surface area contributed by atoms with E-state index in [1.165, 1.54) is 0 Å². The van der Waals surface area contributed by atoms with Crippen molar-refractivity contribution in [1.82, 2.24) is 0 Å². The lowest BCUT2D eigenvalue weighted by Gasteiger charge is -2.33. The predicted molar refractivity (Wildman–Crippen MR) is 88.7 cm³/mol. The minimum absolute atomic E-state index is 0.197. The normalized spacial score (nSPS) is 22.1. The number of ether oxygens (including phenoxy) is 1. The van der Waals surface area contributed by atoms with Gasteiger partial charge in [0.2, 0.25) is 0 Å². The van der Waals surface area contributed by atoms with Gasteiger partial charge in [0.15, 0.2) is 0 Å². The molecule has 0 spiro atoms. The second-order valence-electron chi connectivity index (χ2n) is 5.70. The molecule has 0 N–H and O–H groups in total. The number of aryl methyl sites for hydroxylation is 1. The molecule has 0 fully saturated rings. The maximum Gasteiger partial charge on any atom is 0.282 e. The zero-order valence-electron chi connectivity index (χ0n) is 13.5. The van der Waals surface area contributed by atoms with Gasteiger partial charge >= 0.3 is 0 Å². The van der Waals surface area contributed by atoms with Crippen LogP contribution in [-0.4, -0.2) is 26.8 Å². The topological polar surface area (TPSA) is 55.7 Å². The van der Waals surface area contributed by atoms with Crippen molar-refractivity contribution < 1.29 is 13.2 Å². The van der Waals surface area contributed by atoms with Crippen LogP contribution in [0.5, 0.6) is 0 Å². The highest BCUT2D eigenvalue weighted by atomic mass is 32.2. The maximum absolute atomic E-state index is 12.4. The molecule has 1 aromatic carbocycles. The van der Waals surface area contributed by atoms with Crippen molar-refractivity contribution in [2.45, 2.75) is 38.2 Å². The first-order valence-electron chi connectivity index (χ1n) is 7.03. The van der Waals surface area contributed by atoms with E-state index in [-0.39, 0.29) is 4.90 Å². The van der Waals surface area contributed by atoms with Gasteiger partial charge in [0.05, 0.1) is 10.6 Å². The Bertz CT molecular complexity index is 747. The molecular weight excluding hydrogens is 298 g/mol. The van der Waals surface area contributed by atoms with Crippen molar-refractivity contribution in [2.75, 3.05) is 7.11 Å². The molecule has 0 heterocycles. The minimum atomic E-state index is -3.71. The van der Waals surface area contributed by atoms with Gasteiger partial charge in [0, 0.05) is 7.11 Å². The van der Waals surface area contributed by atoms with Crippen molar-refractivity contribution in [1.29, 1.82) is 0 Å². The van der Waals surface area contributed by atoms with E-state index < -0.39 is 15.6 Å². The molecule has 0 unspecified atom stereocenters. The molecular formula is C17H21NO3S.